The third-order valence-corrected chi connectivity index (χ3v) is 4.76. The Morgan fingerprint density at radius 1 is 1.24 bits per heavy atom. The normalized spacial score (nSPS) is 11.7. The molecule has 0 saturated heterocycles. The maximum absolute atomic E-state index is 12.4. The molecule has 162 valence electrons. The summed E-state index contributed by atoms with van der Waals surface area (Å²) < 4.78 is 42.0. The molecular formula is C18H25F3IN5OS. The van der Waals surface area contributed by atoms with Gasteiger partial charge in [-0.15, -0.1) is 35.3 Å². The zero-order valence-corrected chi connectivity index (χ0v) is 19.4. The first kappa shape index (κ1) is 25.4. The highest BCUT2D eigenvalue weighted by atomic mass is 127. The van der Waals surface area contributed by atoms with Crippen LogP contribution in [0.5, 0.6) is 5.88 Å². The van der Waals surface area contributed by atoms with Gasteiger partial charge in [0.15, 0.2) is 12.6 Å². The fraction of sp³-hybridized carbons (Fsp3) is 0.500. The molecule has 0 radical (unpaired) electrons. The first-order valence-corrected chi connectivity index (χ1v) is 9.82. The first-order chi connectivity index (χ1) is 13.4. The van der Waals surface area contributed by atoms with Crippen molar-refractivity contribution >= 4 is 41.3 Å². The summed E-state index contributed by atoms with van der Waals surface area (Å²) in [6, 6.07) is 3.28. The lowest BCUT2D eigenvalue weighted by Crippen LogP contribution is -2.38. The fourth-order valence-electron chi connectivity index (χ4n) is 2.25. The third kappa shape index (κ3) is 9.61. The molecule has 6 nitrogen and oxygen atoms in total. The number of alkyl halides is 3. The monoisotopic (exact) mass is 543 g/mol. The second-order valence-corrected chi connectivity index (χ2v) is 7.02. The van der Waals surface area contributed by atoms with Crippen molar-refractivity contribution in [2.75, 3.05) is 19.7 Å². The number of rotatable bonds is 9. The number of aromatic nitrogens is 2. The van der Waals surface area contributed by atoms with Crippen molar-refractivity contribution in [3.63, 3.8) is 0 Å². The molecule has 0 aliphatic heterocycles. The lowest BCUT2D eigenvalue weighted by Gasteiger charge is -2.13. The van der Waals surface area contributed by atoms with Gasteiger partial charge >= 0.3 is 6.18 Å². The molecule has 0 atom stereocenters. The van der Waals surface area contributed by atoms with Gasteiger partial charge in [0.2, 0.25) is 5.88 Å². The number of nitrogens with one attached hydrogen (secondary N) is 2. The molecule has 0 aliphatic rings. The zero-order valence-electron chi connectivity index (χ0n) is 16.3. The highest BCUT2D eigenvalue weighted by molar-refractivity contribution is 14.0. The van der Waals surface area contributed by atoms with Gasteiger partial charge in [0.05, 0.1) is 11.6 Å². The van der Waals surface area contributed by atoms with Gasteiger partial charge in [-0.25, -0.2) is 15.0 Å². The lowest BCUT2D eigenvalue weighted by atomic mass is 10.3. The molecule has 11 heteroatoms. The molecule has 2 rings (SSSR count). The molecule has 0 aromatic carbocycles. The van der Waals surface area contributed by atoms with Crippen molar-refractivity contribution in [2.24, 2.45) is 4.99 Å². The van der Waals surface area contributed by atoms with Crippen LogP contribution in [0.1, 0.15) is 29.3 Å². The standard InChI is InChI=1S/C18H24F3N5OS.HI/c1-3-14-11-25-15(28-14)7-9-24-17(22-4-2)26-10-13-6-5-8-23-16(13)27-12-18(19,20)21;/h5-6,8,11H,3-4,7,9-10,12H2,1-2H3,(H2,22,24,26);1H. The number of thiazole rings is 1. The van der Waals surface area contributed by atoms with Crippen LogP contribution >= 0.6 is 35.3 Å². The van der Waals surface area contributed by atoms with Crippen molar-refractivity contribution < 1.29 is 17.9 Å². The molecule has 0 spiro atoms. The predicted octanol–water partition coefficient (Wildman–Crippen LogP) is 3.96. The van der Waals surface area contributed by atoms with Gasteiger partial charge in [0.1, 0.15) is 0 Å². The quantitative estimate of drug-likeness (QED) is 0.285. The molecule has 29 heavy (non-hydrogen) atoms. The van der Waals surface area contributed by atoms with Crippen LogP contribution in [0.3, 0.4) is 0 Å². The van der Waals surface area contributed by atoms with Crippen molar-refractivity contribution in [1.82, 2.24) is 20.6 Å². The van der Waals surface area contributed by atoms with Crippen LogP contribution < -0.4 is 15.4 Å². The largest absolute Gasteiger partial charge is 0.468 e. The van der Waals surface area contributed by atoms with E-state index in [0.717, 1.165) is 17.8 Å². The number of halogens is 4. The molecule has 2 heterocycles. The summed E-state index contributed by atoms with van der Waals surface area (Å²) in [6.45, 7) is 4.10. The number of pyridine rings is 1. The molecule has 0 aliphatic carbocycles. The fourth-order valence-corrected chi connectivity index (χ4v) is 3.11. The van der Waals surface area contributed by atoms with Gasteiger partial charge in [0.25, 0.3) is 0 Å². The molecule has 2 N–H and O–H groups in total. The topological polar surface area (TPSA) is 71.4 Å². The maximum Gasteiger partial charge on any atom is 0.422 e. The van der Waals surface area contributed by atoms with Crippen LogP contribution in [0.15, 0.2) is 29.5 Å². The summed E-state index contributed by atoms with van der Waals surface area (Å²) in [6.07, 6.45) is 0.605. The highest BCUT2D eigenvalue weighted by Gasteiger charge is 2.29. The van der Waals surface area contributed by atoms with E-state index in [-0.39, 0.29) is 36.4 Å². The number of aliphatic imine (C=N–C) groups is 1. The third-order valence-electron chi connectivity index (χ3n) is 3.56. The molecule has 0 saturated carbocycles. The first-order valence-electron chi connectivity index (χ1n) is 9.00. The zero-order chi connectivity index (χ0) is 20.4. The van der Waals surface area contributed by atoms with E-state index in [1.807, 2.05) is 13.1 Å². The van der Waals surface area contributed by atoms with Gasteiger partial charge in [0, 0.05) is 42.3 Å². The van der Waals surface area contributed by atoms with E-state index in [1.165, 1.54) is 11.1 Å². The summed E-state index contributed by atoms with van der Waals surface area (Å²) in [5, 5.41) is 7.37. The summed E-state index contributed by atoms with van der Waals surface area (Å²) in [5.41, 5.74) is 0.483. The number of nitrogens with zero attached hydrogens (tertiary/aromatic N) is 3. The molecular weight excluding hydrogens is 518 g/mol. The van der Waals surface area contributed by atoms with Crippen LogP contribution in [0.25, 0.3) is 0 Å². The van der Waals surface area contributed by atoms with Gasteiger partial charge in [-0.05, 0) is 19.4 Å². The van der Waals surface area contributed by atoms with Crippen LogP contribution in [0, 0.1) is 0 Å². The van der Waals surface area contributed by atoms with Gasteiger partial charge in [-0.2, -0.15) is 13.2 Å². The average molecular weight is 543 g/mol. The second kappa shape index (κ2) is 12.8. The predicted molar refractivity (Wildman–Crippen MR) is 119 cm³/mol. The Morgan fingerprint density at radius 2 is 2.03 bits per heavy atom. The Labute approximate surface area is 189 Å². The maximum atomic E-state index is 12.4. The molecule has 0 bridgehead atoms. The van der Waals surface area contributed by atoms with E-state index in [1.54, 1.807) is 23.5 Å². The van der Waals surface area contributed by atoms with E-state index in [0.29, 0.717) is 24.6 Å². The Hall–Kier alpha value is -1.63. The Bertz CT molecular complexity index is 770. The Kier molecular flexibility index (Phi) is 11.2. The van der Waals surface area contributed by atoms with Gasteiger partial charge in [-0.3, -0.25) is 0 Å². The molecule has 0 amide bonds. The summed E-state index contributed by atoms with van der Waals surface area (Å²) >= 11 is 1.69. The van der Waals surface area contributed by atoms with Crippen LogP contribution in [-0.4, -0.2) is 41.8 Å². The van der Waals surface area contributed by atoms with Crippen molar-refractivity contribution in [3.8, 4) is 5.88 Å². The van der Waals surface area contributed by atoms with Crippen molar-refractivity contribution in [3.05, 3.63) is 40.0 Å². The number of ether oxygens (including phenoxy) is 1. The van der Waals surface area contributed by atoms with Crippen LogP contribution in [0.2, 0.25) is 0 Å². The Morgan fingerprint density at radius 3 is 2.69 bits per heavy atom. The lowest BCUT2D eigenvalue weighted by molar-refractivity contribution is -0.154. The van der Waals surface area contributed by atoms with E-state index >= 15 is 0 Å². The minimum absolute atomic E-state index is 0. The molecule has 2 aromatic rings. The number of guanidine groups is 1. The summed E-state index contributed by atoms with van der Waals surface area (Å²) in [4.78, 5) is 13.9. The molecule has 0 unspecified atom stereocenters. The number of aryl methyl sites for hydroxylation is 1. The summed E-state index contributed by atoms with van der Waals surface area (Å²) in [7, 11) is 0. The van der Waals surface area contributed by atoms with E-state index in [2.05, 4.69) is 32.5 Å². The smallest absolute Gasteiger partial charge is 0.422 e. The van der Waals surface area contributed by atoms with Crippen LogP contribution in [-0.2, 0) is 19.4 Å². The minimum Gasteiger partial charge on any atom is -0.468 e. The van der Waals surface area contributed by atoms with Crippen LogP contribution in [0.4, 0.5) is 13.2 Å². The second-order valence-electron chi connectivity index (χ2n) is 5.82. The highest BCUT2D eigenvalue weighted by Crippen LogP contribution is 2.20. The number of hydrogen-bond acceptors (Lipinski definition) is 5. The van der Waals surface area contributed by atoms with E-state index in [4.69, 9.17) is 4.74 Å². The van der Waals surface area contributed by atoms with E-state index in [9.17, 15) is 13.2 Å². The van der Waals surface area contributed by atoms with Crippen molar-refractivity contribution in [2.45, 2.75) is 39.4 Å². The SMILES string of the molecule is CCNC(=NCc1cccnc1OCC(F)(F)F)NCCc1ncc(CC)s1.I. The van der Waals surface area contributed by atoms with E-state index < -0.39 is 12.8 Å². The van der Waals surface area contributed by atoms with Gasteiger partial charge < -0.3 is 15.4 Å². The number of hydrogen-bond donors (Lipinski definition) is 2. The molecule has 2 aromatic heterocycles. The van der Waals surface area contributed by atoms with Gasteiger partial charge in [-0.1, -0.05) is 13.0 Å². The molecule has 0 fully saturated rings. The Balaban J connectivity index is 0.00000420. The summed E-state index contributed by atoms with van der Waals surface area (Å²) in [5.74, 6) is 0.509. The minimum atomic E-state index is -4.41. The average Bonchev–Trinajstić information content (AvgIpc) is 3.12. The van der Waals surface area contributed by atoms with Crippen molar-refractivity contribution in [1.29, 1.82) is 0 Å².